The third-order valence-corrected chi connectivity index (χ3v) is 5.61. The Kier molecular flexibility index (Phi) is 6.88. The van der Waals surface area contributed by atoms with Gasteiger partial charge in [-0.05, 0) is 41.9 Å². The van der Waals surface area contributed by atoms with Crippen molar-refractivity contribution in [3.63, 3.8) is 0 Å². The van der Waals surface area contributed by atoms with Crippen LogP contribution in [0.5, 0.6) is 0 Å². The van der Waals surface area contributed by atoms with Crippen molar-refractivity contribution >= 4 is 64.2 Å². The number of fused-ring (bicyclic) bond motifs is 1. The molecule has 0 fully saturated rings. The molecule has 0 aliphatic rings. The largest absolute Gasteiger partial charge is 1.00 e. The normalized spacial score (nSPS) is 12.3. The molecule has 0 saturated carbocycles. The fourth-order valence-corrected chi connectivity index (χ4v) is 4.05. The Hall–Kier alpha value is -0.770. The van der Waals surface area contributed by atoms with Crippen LogP contribution in [0.2, 0.25) is 0 Å². The molecule has 136 valence electrons. The number of hydrogen-bond donors (Lipinski definition) is 3. The van der Waals surface area contributed by atoms with Gasteiger partial charge in [0.05, 0.1) is 20.6 Å². The van der Waals surface area contributed by atoms with Gasteiger partial charge in [-0.1, -0.05) is 0 Å². The maximum atomic E-state index is 11.6. The maximum Gasteiger partial charge on any atom is 1.00 e. The summed E-state index contributed by atoms with van der Waals surface area (Å²) in [6.45, 7) is 0. The second-order valence-electron chi connectivity index (χ2n) is 4.59. The molecule has 0 aliphatic heterocycles. The third-order valence-electron chi connectivity index (χ3n) is 2.98. The topological polar surface area (TPSA) is 175 Å². The van der Waals surface area contributed by atoms with E-state index in [1.165, 1.54) is 0 Å². The van der Waals surface area contributed by atoms with Gasteiger partial charge in [0.15, 0.2) is 0 Å². The van der Waals surface area contributed by atoms with E-state index in [0.717, 1.165) is 18.2 Å². The zero-order valence-corrected chi connectivity index (χ0v) is 17.9. The number of thiocarbonyl (C=S) groups is 1. The van der Waals surface area contributed by atoms with Gasteiger partial charge in [-0.25, -0.2) is 0 Å². The first kappa shape index (κ1) is 23.3. The van der Waals surface area contributed by atoms with Crippen LogP contribution in [-0.2, 0) is 30.4 Å². The molecule has 0 aromatic heterocycles. The van der Waals surface area contributed by atoms with Gasteiger partial charge >= 0.3 is 29.6 Å². The molecule has 0 amide bonds. The van der Waals surface area contributed by atoms with Crippen LogP contribution in [0.1, 0.15) is 1.43 Å². The van der Waals surface area contributed by atoms with E-state index in [1.54, 1.807) is 0 Å². The molecule has 15 heteroatoms. The average Bonchev–Trinajstić information content (AvgIpc) is 2.43. The predicted octanol–water partition coefficient (Wildman–Crippen LogP) is -1.57. The molecule has 2 aromatic rings. The average molecular weight is 449 g/mol. The molecular weight excluding hydrogens is 441 g/mol. The fraction of sp³-hybridized carbons (Fsp3) is 0. The van der Waals surface area contributed by atoms with E-state index in [9.17, 15) is 29.8 Å². The second kappa shape index (κ2) is 7.69. The van der Waals surface area contributed by atoms with Gasteiger partial charge in [0, 0.05) is 5.39 Å². The van der Waals surface area contributed by atoms with E-state index in [2.05, 4.69) is 17.2 Å². The standard InChI is InChI=1S/C11H7NO9S4.Na.H/c13-23(14,15)7-1-6-2-8(24(16,17)18)4-10(25(19,20)21)11(6)9(3-7)12-5-22;;/h1-4H,(H,13,14,15)(H,16,17,18)(H,19,20,21);;/q;+1;-1. The molecular formula is C11H8NNaO9S4. The minimum absolute atomic E-state index is 0. The number of nitrogens with zero attached hydrogens (tertiary/aromatic N) is 1. The van der Waals surface area contributed by atoms with Gasteiger partial charge in [0.25, 0.3) is 30.4 Å². The van der Waals surface area contributed by atoms with E-state index in [-0.39, 0.29) is 41.8 Å². The second-order valence-corrected chi connectivity index (χ2v) is 9.01. The molecule has 3 N–H and O–H groups in total. The van der Waals surface area contributed by atoms with Crippen LogP contribution in [0.15, 0.2) is 43.9 Å². The van der Waals surface area contributed by atoms with E-state index < -0.39 is 50.7 Å². The molecule has 10 nitrogen and oxygen atoms in total. The van der Waals surface area contributed by atoms with Crippen LogP contribution in [0.4, 0.5) is 5.69 Å². The number of aliphatic imine (C=N–C) groups is 1. The summed E-state index contributed by atoms with van der Waals surface area (Å²) in [7, 11) is -14.7. The molecule has 0 heterocycles. The summed E-state index contributed by atoms with van der Waals surface area (Å²) < 4.78 is 96.1. The fourth-order valence-electron chi connectivity index (χ4n) is 2.04. The van der Waals surface area contributed by atoms with Gasteiger partial charge in [-0.3, -0.25) is 13.7 Å². The van der Waals surface area contributed by atoms with Crippen molar-refractivity contribution in [1.82, 2.24) is 0 Å². The number of benzene rings is 2. The van der Waals surface area contributed by atoms with Gasteiger partial charge in [0.1, 0.15) is 4.90 Å². The number of rotatable bonds is 4. The Morgan fingerprint density at radius 3 is 1.69 bits per heavy atom. The van der Waals surface area contributed by atoms with E-state index in [1.807, 2.05) is 5.16 Å². The predicted molar refractivity (Wildman–Crippen MR) is 89.2 cm³/mol. The van der Waals surface area contributed by atoms with Crippen molar-refractivity contribution in [2.75, 3.05) is 0 Å². The van der Waals surface area contributed by atoms with Crippen molar-refractivity contribution in [1.29, 1.82) is 0 Å². The summed E-state index contributed by atoms with van der Waals surface area (Å²) in [6, 6.07) is 2.67. The molecule has 0 saturated heterocycles. The molecule has 0 atom stereocenters. The summed E-state index contributed by atoms with van der Waals surface area (Å²) >= 11 is 4.38. The minimum Gasteiger partial charge on any atom is -1.00 e. The molecule has 0 unspecified atom stereocenters. The quantitative estimate of drug-likeness (QED) is 0.214. The monoisotopic (exact) mass is 449 g/mol. The van der Waals surface area contributed by atoms with E-state index in [0.29, 0.717) is 6.07 Å². The first-order valence-electron chi connectivity index (χ1n) is 5.87. The molecule has 0 spiro atoms. The molecule has 0 bridgehead atoms. The Morgan fingerprint density at radius 2 is 1.31 bits per heavy atom. The Morgan fingerprint density at radius 1 is 0.846 bits per heavy atom. The molecule has 26 heavy (non-hydrogen) atoms. The summed E-state index contributed by atoms with van der Waals surface area (Å²) in [5.74, 6) is 0. The van der Waals surface area contributed by atoms with Gasteiger partial charge in [0.2, 0.25) is 0 Å². The minimum atomic E-state index is -5.01. The SMILES string of the molecule is O=S(=O)(O)c1cc(N=C=S)c2c(S(=O)(=O)O)cc(S(=O)(=O)O)cc2c1.[H-].[Na+]. The van der Waals surface area contributed by atoms with Crippen molar-refractivity contribution in [3.8, 4) is 0 Å². The summed E-state index contributed by atoms with van der Waals surface area (Å²) in [6.07, 6.45) is 0. The van der Waals surface area contributed by atoms with Crippen molar-refractivity contribution < 1.29 is 69.9 Å². The summed E-state index contributed by atoms with van der Waals surface area (Å²) in [5, 5.41) is 1.10. The molecule has 0 radical (unpaired) electrons. The van der Waals surface area contributed by atoms with Crippen molar-refractivity contribution in [2.45, 2.75) is 14.7 Å². The van der Waals surface area contributed by atoms with Crippen LogP contribution in [0.3, 0.4) is 0 Å². The van der Waals surface area contributed by atoms with Gasteiger partial charge in [-0.2, -0.15) is 30.2 Å². The maximum absolute atomic E-state index is 11.6. The zero-order chi connectivity index (χ0) is 19.2. The summed E-state index contributed by atoms with van der Waals surface area (Å²) in [5.41, 5.74) is -0.422. The van der Waals surface area contributed by atoms with Crippen molar-refractivity contribution in [2.24, 2.45) is 4.99 Å². The van der Waals surface area contributed by atoms with Crippen LogP contribution < -0.4 is 29.6 Å². The van der Waals surface area contributed by atoms with Crippen LogP contribution in [0.25, 0.3) is 10.8 Å². The summed E-state index contributed by atoms with van der Waals surface area (Å²) in [4.78, 5) is 0.823. The van der Waals surface area contributed by atoms with Gasteiger partial charge in [-0.15, -0.1) is 0 Å². The number of isothiocyanates is 1. The molecule has 0 aliphatic carbocycles. The zero-order valence-electron chi connectivity index (χ0n) is 13.7. The third kappa shape index (κ3) is 4.94. The van der Waals surface area contributed by atoms with Crippen LogP contribution >= 0.6 is 12.2 Å². The Balaban J connectivity index is 0.00000338. The Bertz CT molecular complexity index is 1260. The van der Waals surface area contributed by atoms with Crippen LogP contribution in [-0.4, -0.2) is 44.1 Å². The van der Waals surface area contributed by atoms with E-state index in [4.69, 9.17) is 9.11 Å². The van der Waals surface area contributed by atoms with Crippen molar-refractivity contribution in [3.05, 3.63) is 24.3 Å². The first-order chi connectivity index (χ1) is 11.2. The smallest absolute Gasteiger partial charge is 1.00 e. The number of hydrogen-bond acceptors (Lipinski definition) is 8. The Labute approximate surface area is 177 Å². The first-order valence-corrected chi connectivity index (χ1v) is 10.6. The van der Waals surface area contributed by atoms with E-state index >= 15 is 0 Å². The van der Waals surface area contributed by atoms with Gasteiger partial charge < -0.3 is 1.43 Å². The molecule has 2 rings (SSSR count). The van der Waals surface area contributed by atoms with Crippen LogP contribution in [0, 0.1) is 0 Å². The molecule has 2 aromatic carbocycles.